The van der Waals surface area contributed by atoms with Gasteiger partial charge in [0.25, 0.3) is 0 Å². The summed E-state index contributed by atoms with van der Waals surface area (Å²) in [6, 6.07) is 4.98. The first kappa shape index (κ1) is 15.9. The zero-order valence-electron chi connectivity index (χ0n) is 12.6. The Hall–Kier alpha value is -1.93. The van der Waals surface area contributed by atoms with Gasteiger partial charge in [0, 0.05) is 19.6 Å². The summed E-state index contributed by atoms with van der Waals surface area (Å²) in [4.78, 5) is 2.29. The quantitative estimate of drug-likeness (QED) is 0.939. The Kier molecular flexibility index (Phi) is 4.63. The summed E-state index contributed by atoms with van der Waals surface area (Å²) < 4.78 is 39.5. The van der Waals surface area contributed by atoms with Gasteiger partial charge in [-0.15, -0.1) is 5.10 Å². The molecule has 5 nitrogen and oxygen atoms in total. The SMILES string of the molecule is FC(F)(F)c1ccc(-n2nncc2CN2CCCNCC2)cc1. The molecule has 0 spiro atoms. The zero-order chi connectivity index (χ0) is 16.3. The summed E-state index contributed by atoms with van der Waals surface area (Å²) in [6.45, 7) is 4.52. The van der Waals surface area contributed by atoms with Crippen LogP contribution in [0.5, 0.6) is 0 Å². The highest BCUT2D eigenvalue weighted by molar-refractivity contribution is 5.35. The van der Waals surface area contributed by atoms with Gasteiger partial charge < -0.3 is 5.32 Å². The lowest BCUT2D eigenvalue weighted by atomic mass is 10.2. The van der Waals surface area contributed by atoms with E-state index >= 15 is 0 Å². The second-order valence-electron chi connectivity index (χ2n) is 5.56. The van der Waals surface area contributed by atoms with E-state index in [1.54, 1.807) is 10.9 Å². The van der Waals surface area contributed by atoms with Crippen molar-refractivity contribution in [2.75, 3.05) is 26.2 Å². The molecule has 2 aromatic rings. The number of aromatic nitrogens is 3. The van der Waals surface area contributed by atoms with E-state index in [4.69, 9.17) is 0 Å². The van der Waals surface area contributed by atoms with Crippen LogP contribution in [0.4, 0.5) is 13.2 Å². The Morgan fingerprint density at radius 2 is 1.87 bits per heavy atom. The van der Waals surface area contributed by atoms with Crippen molar-refractivity contribution < 1.29 is 13.2 Å². The van der Waals surface area contributed by atoms with Gasteiger partial charge in [0.05, 0.1) is 23.1 Å². The van der Waals surface area contributed by atoms with Gasteiger partial charge in [-0.1, -0.05) is 5.21 Å². The van der Waals surface area contributed by atoms with Crippen LogP contribution in [-0.2, 0) is 12.7 Å². The van der Waals surface area contributed by atoms with Gasteiger partial charge in [0.2, 0.25) is 0 Å². The van der Waals surface area contributed by atoms with Crippen molar-refractivity contribution >= 4 is 0 Å². The van der Waals surface area contributed by atoms with E-state index in [-0.39, 0.29) is 0 Å². The van der Waals surface area contributed by atoms with Gasteiger partial charge in [-0.2, -0.15) is 13.2 Å². The molecule has 1 fully saturated rings. The third-order valence-corrected chi connectivity index (χ3v) is 3.88. The molecule has 1 saturated heterocycles. The minimum absolute atomic E-state index is 0.582. The van der Waals surface area contributed by atoms with Gasteiger partial charge in [0.1, 0.15) is 0 Å². The molecule has 3 rings (SSSR count). The van der Waals surface area contributed by atoms with E-state index < -0.39 is 11.7 Å². The van der Waals surface area contributed by atoms with Gasteiger partial charge in [-0.25, -0.2) is 4.68 Å². The molecule has 124 valence electrons. The highest BCUT2D eigenvalue weighted by atomic mass is 19.4. The highest BCUT2D eigenvalue weighted by Gasteiger charge is 2.30. The first-order chi connectivity index (χ1) is 11.0. The molecule has 2 heterocycles. The maximum Gasteiger partial charge on any atom is 0.416 e. The van der Waals surface area contributed by atoms with E-state index in [1.165, 1.54) is 12.1 Å². The average molecular weight is 325 g/mol. The smallest absolute Gasteiger partial charge is 0.315 e. The molecule has 0 radical (unpaired) electrons. The van der Waals surface area contributed by atoms with E-state index in [0.717, 1.165) is 50.4 Å². The van der Waals surface area contributed by atoms with Crippen molar-refractivity contribution in [1.82, 2.24) is 25.2 Å². The van der Waals surface area contributed by atoms with Crippen LogP contribution in [0, 0.1) is 0 Å². The molecule has 1 aliphatic rings. The van der Waals surface area contributed by atoms with Gasteiger partial charge >= 0.3 is 6.18 Å². The van der Waals surface area contributed by atoms with Gasteiger partial charge in [-0.05, 0) is 43.8 Å². The monoisotopic (exact) mass is 325 g/mol. The van der Waals surface area contributed by atoms with Crippen molar-refractivity contribution in [2.24, 2.45) is 0 Å². The summed E-state index contributed by atoms with van der Waals surface area (Å²) in [6.07, 6.45) is -1.60. The Labute approximate surface area is 132 Å². The summed E-state index contributed by atoms with van der Waals surface area (Å²) in [5, 5.41) is 11.3. The van der Waals surface area contributed by atoms with E-state index in [1.807, 2.05) is 0 Å². The summed E-state index contributed by atoms with van der Waals surface area (Å²) in [5.74, 6) is 0. The highest BCUT2D eigenvalue weighted by Crippen LogP contribution is 2.29. The van der Waals surface area contributed by atoms with Gasteiger partial charge in [0.15, 0.2) is 0 Å². The standard InChI is InChI=1S/C15H18F3N5/c16-15(17,18)12-2-4-13(5-3-12)23-14(10-20-21-23)11-22-8-1-6-19-7-9-22/h2-5,10,19H,1,6-9,11H2. The Balaban J connectivity index is 1.77. The maximum absolute atomic E-state index is 12.6. The third kappa shape index (κ3) is 3.89. The first-order valence-corrected chi connectivity index (χ1v) is 7.54. The van der Waals surface area contributed by atoms with Crippen molar-refractivity contribution in [1.29, 1.82) is 0 Å². The van der Waals surface area contributed by atoms with Crippen LogP contribution in [0.3, 0.4) is 0 Å². The molecule has 0 unspecified atom stereocenters. The Bertz CT molecular complexity index is 627. The van der Waals surface area contributed by atoms with Crippen LogP contribution in [0.1, 0.15) is 17.7 Å². The number of halogens is 3. The number of rotatable bonds is 3. The van der Waals surface area contributed by atoms with E-state index in [2.05, 4.69) is 20.5 Å². The molecular weight excluding hydrogens is 307 g/mol. The van der Waals surface area contributed by atoms with Crippen LogP contribution in [-0.4, -0.2) is 46.1 Å². The second kappa shape index (κ2) is 6.67. The normalized spacial score (nSPS) is 17.2. The molecule has 0 atom stereocenters. The summed E-state index contributed by atoms with van der Waals surface area (Å²) >= 11 is 0. The van der Waals surface area contributed by atoms with Crippen LogP contribution in [0.2, 0.25) is 0 Å². The lowest BCUT2D eigenvalue weighted by Crippen LogP contribution is -2.28. The third-order valence-electron chi connectivity index (χ3n) is 3.88. The van der Waals surface area contributed by atoms with Crippen LogP contribution in [0.25, 0.3) is 5.69 Å². The molecule has 23 heavy (non-hydrogen) atoms. The number of benzene rings is 1. The van der Waals surface area contributed by atoms with Crippen molar-refractivity contribution in [3.63, 3.8) is 0 Å². The number of nitrogens with zero attached hydrogens (tertiary/aromatic N) is 4. The van der Waals surface area contributed by atoms with Crippen molar-refractivity contribution in [2.45, 2.75) is 19.1 Å². The van der Waals surface area contributed by atoms with E-state index in [9.17, 15) is 13.2 Å². The van der Waals surface area contributed by atoms with Crippen LogP contribution >= 0.6 is 0 Å². The molecule has 1 aliphatic heterocycles. The predicted molar refractivity (Wildman–Crippen MR) is 79.1 cm³/mol. The lowest BCUT2D eigenvalue weighted by Gasteiger charge is -2.19. The fourth-order valence-electron chi connectivity index (χ4n) is 2.66. The predicted octanol–water partition coefficient (Wildman–Crippen LogP) is 2.08. The molecular formula is C15H18F3N5. The minimum Gasteiger partial charge on any atom is -0.315 e. The Morgan fingerprint density at radius 3 is 2.61 bits per heavy atom. The van der Waals surface area contributed by atoms with E-state index in [0.29, 0.717) is 12.2 Å². The number of hydrogen-bond acceptors (Lipinski definition) is 4. The molecule has 0 bridgehead atoms. The molecule has 1 aromatic heterocycles. The van der Waals surface area contributed by atoms with Gasteiger partial charge in [-0.3, -0.25) is 4.90 Å². The second-order valence-corrected chi connectivity index (χ2v) is 5.56. The van der Waals surface area contributed by atoms with Crippen LogP contribution < -0.4 is 5.32 Å². The molecule has 0 aliphatic carbocycles. The molecule has 0 saturated carbocycles. The van der Waals surface area contributed by atoms with Crippen molar-refractivity contribution in [3.8, 4) is 5.69 Å². The average Bonchev–Trinajstić information content (AvgIpc) is 2.82. The molecule has 8 heteroatoms. The lowest BCUT2D eigenvalue weighted by molar-refractivity contribution is -0.137. The number of alkyl halides is 3. The number of nitrogens with one attached hydrogen (secondary N) is 1. The molecule has 1 N–H and O–H groups in total. The fraction of sp³-hybridized carbons (Fsp3) is 0.467. The first-order valence-electron chi connectivity index (χ1n) is 7.54. The molecule has 0 amide bonds. The van der Waals surface area contributed by atoms with Crippen LogP contribution in [0.15, 0.2) is 30.5 Å². The zero-order valence-corrected chi connectivity index (χ0v) is 12.6. The number of hydrogen-bond donors (Lipinski definition) is 1. The Morgan fingerprint density at radius 1 is 1.09 bits per heavy atom. The summed E-state index contributed by atoms with van der Waals surface area (Å²) in [5.41, 5.74) is 0.784. The fourth-order valence-corrected chi connectivity index (χ4v) is 2.66. The molecule has 1 aromatic carbocycles. The summed E-state index contributed by atoms with van der Waals surface area (Å²) in [7, 11) is 0. The maximum atomic E-state index is 12.6. The largest absolute Gasteiger partial charge is 0.416 e. The van der Waals surface area contributed by atoms with Crippen molar-refractivity contribution in [3.05, 3.63) is 41.7 Å². The topological polar surface area (TPSA) is 46.0 Å². The minimum atomic E-state index is -4.33.